The zero-order valence-corrected chi connectivity index (χ0v) is 8.01. The molecule has 0 aliphatic heterocycles. The van der Waals surface area contributed by atoms with Gasteiger partial charge in [-0.05, 0) is 19.1 Å². The fourth-order valence-corrected chi connectivity index (χ4v) is 1.51. The summed E-state index contributed by atoms with van der Waals surface area (Å²) in [5.74, 6) is 0.656. The molecule has 13 heavy (non-hydrogen) atoms. The van der Waals surface area contributed by atoms with Crippen molar-refractivity contribution >= 4 is 22.7 Å². The molecule has 66 valence electrons. The van der Waals surface area contributed by atoms with Gasteiger partial charge >= 0.3 is 0 Å². The van der Waals surface area contributed by atoms with E-state index >= 15 is 0 Å². The van der Waals surface area contributed by atoms with E-state index in [2.05, 4.69) is 4.98 Å². The Hall–Kier alpha value is -1.42. The number of imidazole rings is 1. The first-order valence-electron chi connectivity index (χ1n) is 3.93. The molecule has 0 saturated carbocycles. The minimum Gasteiger partial charge on any atom is -0.387 e. The summed E-state index contributed by atoms with van der Waals surface area (Å²) in [7, 11) is 0. The number of aryl methyl sites for hydroxylation is 1. The van der Waals surface area contributed by atoms with E-state index < -0.39 is 0 Å². The smallest absolute Gasteiger partial charge is 0.172 e. The SMILES string of the molecule is Cc1nc(C(N)=S)n2ccccc12. The second-order valence-electron chi connectivity index (χ2n) is 2.84. The number of nitrogens with zero attached hydrogens (tertiary/aromatic N) is 2. The highest BCUT2D eigenvalue weighted by molar-refractivity contribution is 7.80. The van der Waals surface area contributed by atoms with E-state index in [1.807, 2.05) is 35.7 Å². The minimum atomic E-state index is 0.328. The second-order valence-corrected chi connectivity index (χ2v) is 3.28. The fraction of sp³-hybridized carbons (Fsp3) is 0.111. The molecule has 0 unspecified atom stereocenters. The number of thiocarbonyl (C=S) groups is 1. The van der Waals surface area contributed by atoms with Crippen molar-refractivity contribution in [1.29, 1.82) is 0 Å². The van der Waals surface area contributed by atoms with E-state index in [1.165, 1.54) is 0 Å². The molecule has 0 bridgehead atoms. The normalized spacial score (nSPS) is 10.5. The third kappa shape index (κ3) is 1.19. The van der Waals surface area contributed by atoms with Gasteiger partial charge in [0.25, 0.3) is 0 Å². The third-order valence-corrected chi connectivity index (χ3v) is 2.14. The summed E-state index contributed by atoms with van der Waals surface area (Å²) in [4.78, 5) is 4.61. The second kappa shape index (κ2) is 2.81. The van der Waals surface area contributed by atoms with Crippen LogP contribution in [-0.4, -0.2) is 14.4 Å². The summed E-state index contributed by atoms with van der Waals surface area (Å²) in [6.45, 7) is 1.94. The average molecular weight is 191 g/mol. The summed E-state index contributed by atoms with van der Waals surface area (Å²) in [5.41, 5.74) is 7.54. The highest BCUT2D eigenvalue weighted by Gasteiger charge is 2.07. The summed E-state index contributed by atoms with van der Waals surface area (Å²) in [6.07, 6.45) is 1.91. The van der Waals surface area contributed by atoms with E-state index in [4.69, 9.17) is 18.0 Å². The van der Waals surface area contributed by atoms with Gasteiger partial charge in [0.2, 0.25) is 0 Å². The standard InChI is InChI=1S/C9H9N3S/c1-6-7-4-2-3-5-12(7)9(11-6)8(10)13/h2-5H,1H3,(H2,10,13). The van der Waals surface area contributed by atoms with Crippen molar-refractivity contribution in [2.75, 3.05) is 0 Å². The lowest BCUT2D eigenvalue weighted by atomic mass is 10.3. The Balaban J connectivity index is 2.85. The van der Waals surface area contributed by atoms with Crippen LogP contribution in [-0.2, 0) is 0 Å². The van der Waals surface area contributed by atoms with Crippen molar-refractivity contribution in [2.24, 2.45) is 5.73 Å². The van der Waals surface area contributed by atoms with Gasteiger partial charge in [-0.3, -0.25) is 4.40 Å². The van der Waals surface area contributed by atoms with Gasteiger partial charge in [-0.25, -0.2) is 4.98 Å². The number of hydrogen-bond acceptors (Lipinski definition) is 2. The summed E-state index contributed by atoms with van der Waals surface area (Å²) < 4.78 is 1.90. The number of rotatable bonds is 1. The van der Waals surface area contributed by atoms with Crippen LogP contribution >= 0.6 is 12.2 Å². The van der Waals surface area contributed by atoms with Crippen LogP contribution in [0.5, 0.6) is 0 Å². The molecule has 2 rings (SSSR count). The highest BCUT2D eigenvalue weighted by Crippen LogP contribution is 2.11. The predicted octanol–water partition coefficient (Wildman–Crippen LogP) is 1.28. The monoisotopic (exact) mass is 191 g/mol. The lowest BCUT2D eigenvalue weighted by Crippen LogP contribution is -2.13. The Morgan fingerprint density at radius 3 is 3.00 bits per heavy atom. The molecule has 0 aliphatic rings. The Kier molecular flexibility index (Phi) is 1.77. The zero-order valence-electron chi connectivity index (χ0n) is 7.19. The van der Waals surface area contributed by atoms with E-state index in [-0.39, 0.29) is 0 Å². The van der Waals surface area contributed by atoms with E-state index in [9.17, 15) is 0 Å². The molecule has 4 heteroatoms. The Bertz CT molecular complexity index is 473. The number of fused-ring (bicyclic) bond motifs is 1. The average Bonchev–Trinajstić information content (AvgIpc) is 2.45. The molecule has 0 saturated heterocycles. The maximum atomic E-state index is 5.54. The lowest BCUT2D eigenvalue weighted by Gasteiger charge is -1.96. The molecule has 0 spiro atoms. The van der Waals surface area contributed by atoms with Crippen LogP contribution in [0.15, 0.2) is 24.4 Å². The number of hydrogen-bond donors (Lipinski definition) is 1. The van der Waals surface area contributed by atoms with Gasteiger partial charge in [0.05, 0.1) is 11.2 Å². The third-order valence-electron chi connectivity index (χ3n) is 1.95. The van der Waals surface area contributed by atoms with E-state index in [1.54, 1.807) is 0 Å². The molecule has 3 nitrogen and oxygen atoms in total. The summed E-state index contributed by atoms with van der Waals surface area (Å²) in [6, 6.07) is 5.88. The summed E-state index contributed by atoms with van der Waals surface area (Å²) in [5, 5.41) is 0. The van der Waals surface area contributed by atoms with Crippen LogP contribution in [0.3, 0.4) is 0 Å². The van der Waals surface area contributed by atoms with Crippen LogP contribution in [0.2, 0.25) is 0 Å². The molecule has 2 heterocycles. The van der Waals surface area contributed by atoms with Crippen LogP contribution in [0, 0.1) is 6.92 Å². The molecule has 0 amide bonds. The minimum absolute atomic E-state index is 0.328. The molecular weight excluding hydrogens is 182 g/mol. The molecule has 2 N–H and O–H groups in total. The van der Waals surface area contributed by atoms with Gasteiger partial charge in [0.1, 0.15) is 4.99 Å². The quantitative estimate of drug-likeness (QED) is 0.690. The Labute approximate surface area is 81.2 Å². The molecule has 0 fully saturated rings. The van der Waals surface area contributed by atoms with Crippen LogP contribution in [0.4, 0.5) is 0 Å². The Morgan fingerprint density at radius 2 is 2.31 bits per heavy atom. The van der Waals surface area contributed by atoms with E-state index in [0.29, 0.717) is 10.8 Å². The predicted molar refractivity (Wildman–Crippen MR) is 55.8 cm³/mol. The molecular formula is C9H9N3S. The van der Waals surface area contributed by atoms with Crippen molar-refractivity contribution in [1.82, 2.24) is 9.38 Å². The first kappa shape index (κ1) is 8.19. The number of aromatic nitrogens is 2. The maximum absolute atomic E-state index is 5.54. The van der Waals surface area contributed by atoms with Crippen LogP contribution in [0.25, 0.3) is 5.52 Å². The van der Waals surface area contributed by atoms with Crippen molar-refractivity contribution in [2.45, 2.75) is 6.92 Å². The van der Waals surface area contributed by atoms with Gasteiger partial charge in [0, 0.05) is 6.20 Å². The zero-order chi connectivity index (χ0) is 9.42. The highest BCUT2D eigenvalue weighted by atomic mass is 32.1. The van der Waals surface area contributed by atoms with Gasteiger partial charge in [-0.2, -0.15) is 0 Å². The molecule has 0 aliphatic carbocycles. The maximum Gasteiger partial charge on any atom is 0.172 e. The Morgan fingerprint density at radius 1 is 1.54 bits per heavy atom. The van der Waals surface area contributed by atoms with Gasteiger partial charge in [-0.15, -0.1) is 0 Å². The number of nitrogens with two attached hydrogens (primary N) is 1. The van der Waals surface area contributed by atoms with Gasteiger partial charge in [0.15, 0.2) is 5.82 Å². The first-order chi connectivity index (χ1) is 6.20. The summed E-state index contributed by atoms with van der Waals surface area (Å²) >= 11 is 4.90. The van der Waals surface area contributed by atoms with Crippen molar-refractivity contribution < 1.29 is 0 Å². The van der Waals surface area contributed by atoms with Crippen LogP contribution in [0.1, 0.15) is 11.5 Å². The fourth-order valence-electron chi connectivity index (χ4n) is 1.37. The van der Waals surface area contributed by atoms with Gasteiger partial charge in [-0.1, -0.05) is 18.3 Å². The largest absolute Gasteiger partial charge is 0.387 e. The topological polar surface area (TPSA) is 43.3 Å². The molecule has 0 atom stereocenters. The molecule has 2 aromatic heterocycles. The first-order valence-corrected chi connectivity index (χ1v) is 4.34. The van der Waals surface area contributed by atoms with Crippen molar-refractivity contribution in [3.63, 3.8) is 0 Å². The molecule has 0 radical (unpaired) electrons. The van der Waals surface area contributed by atoms with E-state index in [0.717, 1.165) is 11.2 Å². The van der Waals surface area contributed by atoms with Crippen molar-refractivity contribution in [3.05, 3.63) is 35.9 Å². The molecule has 2 aromatic rings. The lowest BCUT2D eigenvalue weighted by molar-refractivity contribution is 1.12. The van der Waals surface area contributed by atoms with Crippen molar-refractivity contribution in [3.8, 4) is 0 Å². The van der Waals surface area contributed by atoms with Crippen LogP contribution < -0.4 is 5.73 Å². The molecule has 0 aromatic carbocycles. The number of pyridine rings is 1. The van der Waals surface area contributed by atoms with Gasteiger partial charge < -0.3 is 5.73 Å².